The fraction of sp³-hybridized carbons (Fsp3) is 0.444. The molecule has 0 radical (unpaired) electrons. The average molecular weight is 467 g/mol. The molecule has 1 atom stereocenters. The highest BCUT2D eigenvalue weighted by molar-refractivity contribution is 5.83. The zero-order chi connectivity index (χ0) is 24.5. The number of hydrogen-bond acceptors (Lipinski definition) is 4. The summed E-state index contributed by atoms with van der Waals surface area (Å²) in [5, 5.41) is 14.6. The number of carboxylic acids is 1. The standard InChI is InChI=1S/C27H34N2O5/c1-18(2)16-24(26(31)32)29-25(30)14-4-3-9-15-28-27(33)34-17-23-21-12-7-5-10-19(21)20-11-6-8-13-22(20)23/h5-8,10-13,18,23-24H,3-4,9,14-17H2,1-2H3,(H,28,33)(H,29,30)(H,31,32)/t24-/m1/s1. The average Bonchev–Trinajstić information content (AvgIpc) is 3.13. The van der Waals surface area contributed by atoms with Gasteiger partial charge < -0.3 is 20.5 Å². The number of rotatable bonds is 12. The van der Waals surface area contributed by atoms with E-state index in [1.165, 1.54) is 22.3 Å². The molecule has 3 rings (SSSR count). The van der Waals surface area contributed by atoms with Crippen LogP contribution >= 0.6 is 0 Å². The summed E-state index contributed by atoms with van der Waals surface area (Å²) >= 11 is 0. The lowest BCUT2D eigenvalue weighted by Gasteiger charge is -2.16. The number of aliphatic carboxylic acids is 1. The number of fused-ring (bicyclic) bond motifs is 3. The third-order valence-electron chi connectivity index (χ3n) is 6.03. The number of unbranched alkanes of at least 4 members (excludes halogenated alkanes) is 2. The first-order valence-electron chi connectivity index (χ1n) is 12.0. The molecular weight excluding hydrogens is 432 g/mol. The number of amides is 2. The maximum atomic E-state index is 12.2. The van der Waals surface area contributed by atoms with Crippen LogP contribution in [0.3, 0.4) is 0 Å². The van der Waals surface area contributed by atoms with Crippen molar-refractivity contribution in [2.45, 2.75) is 57.9 Å². The molecule has 34 heavy (non-hydrogen) atoms. The van der Waals surface area contributed by atoms with Crippen LogP contribution in [-0.2, 0) is 14.3 Å². The van der Waals surface area contributed by atoms with Gasteiger partial charge in [0.1, 0.15) is 12.6 Å². The number of nitrogens with one attached hydrogen (secondary N) is 2. The molecule has 0 saturated heterocycles. The van der Waals surface area contributed by atoms with Gasteiger partial charge >= 0.3 is 12.1 Å². The van der Waals surface area contributed by atoms with E-state index in [2.05, 4.69) is 34.9 Å². The molecule has 0 spiro atoms. The normalized spacial score (nSPS) is 13.1. The van der Waals surface area contributed by atoms with E-state index in [4.69, 9.17) is 4.74 Å². The summed E-state index contributed by atoms with van der Waals surface area (Å²) < 4.78 is 5.51. The monoisotopic (exact) mass is 466 g/mol. The summed E-state index contributed by atoms with van der Waals surface area (Å²) in [4.78, 5) is 35.4. The van der Waals surface area contributed by atoms with Gasteiger partial charge in [-0.05, 0) is 47.4 Å². The first-order valence-corrected chi connectivity index (χ1v) is 12.0. The lowest BCUT2D eigenvalue weighted by atomic mass is 9.98. The number of benzene rings is 2. The van der Waals surface area contributed by atoms with Crippen LogP contribution in [0.1, 0.15) is 63.0 Å². The minimum absolute atomic E-state index is 0.0296. The van der Waals surface area contributed by atoms with Crippen LogP contribution in [0.5, 0.6) is 0 Å². The summed E-state index contributed by atoms with van der Waals surface area (Å²) in [6.07, 6.45) is 2.33. The van der Waals surface area contributed by atoms with Crippen LogP contribution in [-0.4, -0.2) is 42.3 Å². The number of carbonyl (C=O) groups excluding carboxylic acids is 2. The third kappa shape index (κ3) is 6.83. The van der Waals surface area contributed by atoms with Crippen molar-refractivity contribution in [1.29, 1.82) is 0 Å². The molecule has 0 heterocycles. The minimum Gasteiger partial charge on any atom is -0.480 e. The van der Waals surface area contributed by atoms with Gasteiger partial charge in [-0.3, -0.25) is 4.79 Å². The number of carbonyl (C=O) groups is 3. The van der Waals surface area contributed by atoms with Crippen molar-refractivity contribution in [1.82, 2.24) is 10.6 Å². The van der Waals surface area contributed by atoms with E-state index in [0.29, 0.717) is 25.8 Å². The molecule has 0 unspecified atom stereocenters. The van der Waals surface area contributed by atoms with Crippen LogP contribution in [0, 0.1) is 5.92 Å². The minimum atomic E-state index is -1.01. The summed E-state index contributed by atoms with van der Waals surface area (Å²) in [7, 11) is 0. The second-order valence-electron chi connectivity index (χ2n) is 9.15. The molecule has 3 N–H and O–H groups in total. The van der Waals surface area contributed by atoms with E-state index in [1.807, 2.05) is 38.1 Å². The second kappa shape index (κ2) is 12.2. The maximum Gasteiger partial charge on any atom is 0.407 e. The van der Waals surface area contributed by atoms with Gasteiger partial charge in [-0.2, -0.15) is 0 Å². The first-order chi connectivity index (χ1) is 16.4. The first kappa shape index (κ1) is 25.3. The highest BCUT2D eigenvalue weighted by atomic mass is 16.5. The van der Waals surface area contributed by atoms with Gasteiger partial charge in [-0.25, -0.2) is 9.59 Å². The van der Waals surface area contributed by atoms with Crippen LogP contribution in [0.2, 0.25) is 0 Å². The Morgan fingerprint density at radius 2 is 1.56 bits per heavy atom. The molecule has 1 aliphatic rings. The third-order valence-corrected chi connectivity index (χ3v) is 6.03. The van der Waals surface area contributed by atoms with Crippen molar-refractivity contribution in [2.75, 3.05) is 13.2 Å². The highest BCUT2D eigenvalue weighted by Crippen LogP contribution is 2.44. The molecule has 2 aromatic carbocycles. The SMILES string of the molecule is CC(C)C[C@@H](NC(=O)CCCCCNC(=O)OCC1c2ccccc2-c2ccccc21)C(=O)O. The fourth-order valence-corrected chi connectivity index (χ4v) is 4.39. The molecular formula is C27H34N2O5. The lowest BCUT2D eigenvalue weighted by molar-refractivity contribution is -0.142. The quantitative estimate of drug-likeness (QED) is 0.393. The summed E-state index contributed by atoms with van der Waals surface area (Å²) in [5.74, 6) is -1.04. The predicted octanol–water partition coefficient (Wildman–Crippen LogP) is 4.70. The predicted molar refractivity (Wildman–Crippen MR) is 131 cm³/mol. The van der Waals surface area contributed by atoms with Crippen molar-refractivity contribution in [3.8, 4) is 11.1 Å². The Morgan fingerprint density at radius 1 is 0.941 bits per heavy atom. The van der Waals surface area contributed by atoms with E-state index in [1.54, 1.807) is 0 Å². The zero-order valence-corrected chi connectivity index (χ0v) is 19.9. The molecule has 7 nitrogen and oxygen atoms in total. The molecule has 0 aliphatic heterocycles. The molecule has 0 bridgehead atoms. The van der Waals surface area contributed by atoms with Gasteiger partial charge in [0.15, 0.2) is 0 Å². The molecule has 0 aromatic heterocycles. The molecule has 182 valence electrons. The number of carboxylic acid groups (broad SMARTS) is 1. The number of hydrogen-bond donors (Lipinski definition) is 3. The van der Waals surface area contributed by atoms with Crippen molar-refractivity contribution in [3.63, 3.8) is 0 Å². The maximum absolute atomic E-state index is 12.2. The van der Waals surface area contributed by atoms with E-state index in [-0.39, 0.29) is 30.8 Å². The Kier molecular flexibility index (Phi) is 9.08. The molecule has 0 saturated carbocycles. The summed E-state index contributed by atoms with van der Waals surface area (Å²) in [5.41, 5.74) is 4.73. The van der Waals surface area contributed by atoms with Gasteiger partial charge in [-0.15, -0.1) is 0 Å². The highest BCUT2D eigenvalue weighted by Gasteiger charge is 2.29. The number of alkyl carbamates (subject to hydrolysis) is 1. The van der Waals surface area contributed by atoms with Gasteiger partial charge in [0, 0.05) is 18.9 Å². The van der Waals surface area contributed by atoms with Gasteiger partial charge in [0.25, 0.3) is 0 Å². The van der Waals surface area contributed by atoms with Gasteiger partial charge in [0.2, 0.25) is 5.91 Å². The van der Waals surface area contributed by atoms with Gasteiger partial charge in [0.05, 0.1) is 0 Å². The lowest BCUT2D eigenvalue weighted by Crippen LogP contribution is -2.41. The van der Waals surface area contributed by atoms with E-state index >= 15 is 0 Å². The Bertz CT molecular complexity index is 959. The summed E-state index contributed by atoms with van der Waals surface area (Å²) in [6, 6.07) is 15.6. The van der Waals surface area contributed by atoms with Crippen LogP contribution in [0.4, 0.5) is 4.79 Å². The largest absolute Gasteiger partial charge is 0.480 e. The molecule has 2 aromatic rings. The topological polar surface area (TPSA) is 105 Å². The molecule has 0 fully saturated rings. The molecule has 2 amide bonds. The van der Waals surface area contributed by atoms with Crippen LogP contribution in [0.15, 0.2) is 48.5 Å². The van der Waals surface area contributed by atoms with Crippen molar-refractivity contribution in [2.24, 2.45) is 5.92 Å². The Balaban J connectivity index is 1.33. The second-order valence-corrected chi connectivity index (χ2v) is 9.15. The summed E-state index contributed by atoms with van der Waals surface area (Å²) in [6.45, 7) is 4.59. The molecule has 7 heteroatoms. The van der Waals surface area contributed by atoms with Crippen molar-refractivity contribution >= 4 is 18.0 Å². The van der Waals surface area contributed by atoms with Crippen LogP contribution in [0.25, 0.3) is 11.1 Å². The smallest absolute Gasteiger partial charge is 0.407 e. The van der Waals surface area contributed by atoms with Crippen molar-refractivity contribution < 1.29 is 24.2 Å². The number of ether oxygens (including phenoxy) is 1. The van der Waals surface area contributed by atoms with E-state index in [0.717, 1.165) is 6.42 Å². The van der Waals surface area contributed by atoms with Crippen molar-refractivity contribution in [3.05, 3.63) is 59.7 Å². The Morgan fingerprint density at radius 3 is 2.15 bits per heavy atom. The van der Waals surface area contributed by atoms with Crippen LogP contribution < -0.4 is 10.6 Å². The fourth-order valence-electron chi connectivity index (χ4n) is 4.39. The van der Waals surface area contributed by atoms with E-state index in [9.17, 15) is 19.5 Å². The van der Waals surface area contributed by atoms with E-state index < -0.39 is 18.1 Å². The Labute approximate surface area is 200 Å². The molecule has 1 aliphatic carbocycles. The zero-order valence-electron chi connectivity index (χ0n) is 19.9. The Hall–Kier alpha value is -3.35. The van der Waals surface area contributed by atoms with Gasteiger partial charge in [-0.1, -0.05) is 68.8 Å².